The molecule has 4 aromatic rings. The summed E-state index contributed by atoms with van der Waals surface area (Å²) in [6, 6.07) is 16.6. The summed E-state index contributed by atoms with van der Waals surface area (Å²) in [5.41, 5.74) is 5.39. The summed E-state index contributed by atoms with van der Waals surface area (Å²) in [7, 11) is 0. The molecule has 1 aliphatic heterocycles. The van der Waals surface area contributed by atoms with Crippen molar-refractivity contribution in [2.45, 2.75) is 13.0 Å². The van der Waals surface area contributed by atoms with Gasteiger partial charge in [0.1, 0.15) is 0 Å². The Kier molecular flexibility index (Phi) is 3.21. The number of H-pyrrole nitrogens is 1. The summed E-state index contributed by atoms with van der Waals surface area (Å²) in [5, 5.41) is 11.1. The van der Waals surface area contributed by atoms with E-state index < -0.39 is 0 Å². The molecule has 2 N–H and O–H groups in total. The molecule has 122 valence electrons. The number of hydrogen-bond acceptors (Lipinski definition) is 3. The minimum absolute atomic E-state index is 0.0489. The molecular formula is C20H15N3OS. The van der Waals surface area contributed by atoms with Crippen LogP contribution in [0.5, 0.6) is 0 Å². The van der Waals surface area contributed by atoms with Gasteiger partial charge in [0.2, 0.25) is 0 Å². The molecule has 25 heavy (non-hydrogen) atoms. The van der Waals surface area contributed by atoms with Gasteiger partial charge in [-0.3, -0.25) is 9.89 Å². The zero-order valence-corrected chi connectivity index (χ0v) is 14.2. The standard InChI is InChI=1S/C20H15N3OS/c24-20-18-15(8-12-4-2-1-3-5-12)19(25-17(18)11-21-20)13-6-7-16-14(9-13)10-22-23-16/h1-7,9-10H,8,11H2,(H,21,24)(H,22,23). The Bertz CT molecular complexity index is 1090. The van der Waals surface area contributed by atoms with E-state index in [4.69, 9.17) is 0 Å². The summed E-state index contributed by atoms with van der Waals surface area (Å²) < 4.78 is 0. The van der Waals surface area contributed by atoms with Crippen LogP contribution < -0.4 is 5.32 Å². The van der Waals surface area contributed by atoms with E-state index in [9.17, 15) is 4.79 Å². The van der Waals surface area contributed by atoms with Gasteiger partial charge in [0, 0.05) is 15.1 Å². The van der Waals surface area contributed by atoms with Gasteiger partial charge in [-0.15, -0.1) is 11.3 Å². The number of thiophene rings is 1. The first-order valence-corrected chi connectivity index (χ1v) is 9.01. The Morgan fingerprint density at radius 2 is 2.00 bits per heavy atom. The van der Waals surface area contributed by atoms with E-state index in [0.29, 0.717) is 6.54 Å². The lowest BCUT2D eigenvalue weighted by Crippen LogP contribution is -2.14. The smallest absolute Gasteiger partial charge is 0.253 e. The number of carbonyl (C=O) groups is 1. The van der Waals surface area contributed by atoms with E-state index in [1.165, 1.54) is 10.4 Å². The van der Waals surface area contributed by atoms with Gasteiger partial charge >= 0.3 is 0 Å². The summed E-state index contributed by atoms with van der Waals surface area (Å²) in [5.74, 6) is 0.0489. The van der Waals surface area contributed by atoms with Gasteiger partial charge in [0.15, 0.2) is 0 Å². The molecule has 2 aromatic carbocycles. The second kappa shape index (κ2) is 5.57. The van der Waals surface area contributed by atoms with E-state index >= 15 is 0 Å². The van der Waals surface area contributed by atoms with Crippen molar-refractivity contribution in [1.29, 1.82) is 0 Å². The fraction of sp³-hybridized carbons (Fsp3) is 0.100. The molecule has 0 aliphatic carbocycles. The van der Waals surface area contributed by atoms with Crippen LogP contribution >= 0.6 is 11.3 Å². The number of benzene rings is 2. The number of amides is 1. The van der Waals surface area contributed by atoms with Gasteiger partial charge in [-0.2, -0.15) is 5.10 Å². The third kappa shape index (κ3) is 2.36. The molecule has 0 saturated carbocycles. The summed E-state index contributed by atoms with van der Waals surface area (Å²) in [6.45, 7) is 0.634. The lowest BCUT2D eigenvalue weighted by Gasteiger charge is -2.07. The maximum Gasteiger partial charge on any atom is 0.253 e. The number of aromatic nitrogens is 2. The molecule has 5 rings (SSSR count). The molecule has 0 fully saturated rings. The quantitative estimate of drug-likeness (QED) is 0.587. The zero-order chi connectivity index (χ0) is 16.8. The van der Waals surface area contributed by atoms with Gasteiger partial charge in [0.25, 0.3) is 5.91 Å². The minimum atomic E-state index is 0.0489. The highest BCUT2D eigenvalue weighted by Gasteiger charge is 2.28. The van der Waals surface area contributed by atoms with Crippen LogP contribution in [0.25, 0.3) is 21.3 Å². The van der Waals surface area contributed by atoms with Crippen molar-refractivity contribution in [1.82, 2.24) is 15.5 Å². The predicted octanol–water partition coefficient (Wildman–Crippen LogP) is 4.13. The number of aromatic amines is 1. The number of hydrogen-bond donors (Lipinski definition) is 2. The Morgan fingerprint density at radius 3 is 2.88 bits per heavy atom. The number of nitrogens with one attached hydrogen (secondary N) is 2. The van der Waals surface area contributed by atoms with Crippen LogP contribution in [-0.4, -0.2) is 16.1 Å². The fourth-order valence-electron chi connectivity index (χ4n) is 3.44. The van der Waals surface area contributed by atoms with Crippen molar-refractivity contribution in [2.75, 3.05) is 0 Å². The minimum Gasteiger partial charge on any atom is -0.347 e. The van der Waals surface area contributed by atoms with Crippen LogP contribution in [0.15, 0.2) is 54.7 Å². The second-order valence-corrected chi connectivity index (χ2v) is 7.33. The third-order valence-electron chi connectivity index (χ3n) is 4.64. The van der Waals surface area contributed by atoms with Crippen LogP contribution in [0.2, 0.25) is 0 Å². The molecule has 0 radical (unpaired) electrons. The van der Waals surface area contributed by atoms with E-state index in [1.54, 1.807) is 11.3 Å². The van der Waals surface area contributed by atoms with Crippen molar-refractivity contribution in [3.8, 4) is 10.4 Å². The van der Waals surface area contributed by atoms with E-state index in [0.717, 1.165) is 38.9 Å². The highest BCUT2D eigenvalue weighted by molar-refractivity contribution is 7.16. The lowest BCUT2D eigenvalue weighted by atomic mass is 9.97. The highest BCUT2D eigenvalue weighted by atomic mass is 32.1. The van der Waals surface area contributed by atoms with E-state index in [2.05, 4.69) is 45.8 Å². The molecule has 0 atom stereocenters. The predicted molar refractivity (Wildman–Crippen MR) is 99.8 cm³/mol. The van der Waals surface area contributed by atoms with Gasteiger partial charge in [-0.1, -0.05) is 36.4 Å². The van der Waals surface area contributed by atoms with Gasteiger partial charge in [0.05, 0.1) is 23.8 Å². The molecule has 0 spiro atoms. The van der Waals surface area contributed by atoms with Gasteiger partial charge in [-0.05, 0) is 35.2 Å². The van der Waals surface area contributed by atoms with E-state index in [1.807, 2.05) is 24.4 Å². The second-order valence-electron chi connectivity index (χ2n) is 6.23. The van der Waals surface area contributed by atoms with Crippen LogP contribution in [0.3, 0.4) is 0 Å². The average Bonchev–Trinajstić information content (AvgIpc) is 3.33. The summed E-state index contributed by atoms with van der Waals surface area (Å²) >= 11 is 1.72. The molecule has 3 heterocycles. The largest absolute Gasteiger partial charge is 0.347 e. The number of nitrogens with zero attached hydrogens (tertiary/aromatic N) is 1. The highest BCUT2D eigenvalue weighted by Crippen LogP contribution is 2.40. The van der Waals surface area contributed by atoms with Crippen molar-refractivity contribution in [3.63, 3.8) is 0 Å². The Labute approximate surface area is 148 Å². The fourth-order valence-corrected chi connectivity index (χ4v) is 4.69. The van der Waals surface area contributed by atoms with Crippen LogP contribution in [-0.2, 0) is 13.0 Å². The average molecular weight is 345 g/mol. The topological polar surface area (TPSA) is 57.8 Å². The Balaban J connectivity index is 1.68. The molecular weight excluding hydrogens is 330 g/mol. The first-order chi connectivity index (χ1) is 12.3. The first kappa shape index (κ1) is 14.4. The molecule has 1 amide bonds. The Hall–Kier alpha value is -2.92. The number of carbonyl (C=O) groups excluding carboxylic acids is 1. The molecule has 1 aliphatic rings. The van der Waals surface area contributed by atoms with Crippen molar-refractivity contribution in [2.24, 2.45) is 0 Å². The van der Waals surface area contributed by atoms with Gasteiger partial charge in [-0.25, -0.2) is 0 Å². The number of fused-ring (bicyclic) bond motifs is 2. The van der Waals surface area contributed by atoms with E-state index in [-0.39, 0.29) is 5.91 Å². The lowest BCUT2D eigenvalue weighted by molar-refractivity contribution is 0.0965. The SMILES string of the molecule is O=C1NCc2sc(-c3ccc4[nH]ncc4c3)c(Cc3ccccc3)c21. The van der Waals surface area contributed by atoms with Crippen LogP contribution in [0, 0.1) is 0 Å². The molecule has 2 aromatic heterocycles. The maximum absolute atomic E-state index is 12.4. The van der Waals surface area contributed by atoms with Crippen molar-refractivity contribution >= 4 is 28.1 Å². The summed E-state index contributed by atoms with van der Waals surface area (Å²) in [6.07, 6.45) is 2.60. The third-order valence-corrected chi connectivity index (χ3v) is 5.92. The van der Waals surface area contributed by atoms with Crippen molar-refractivity contribution in [3.05, 3.63) is 76.3 Å². The molecule has 0 saturated heterocycles. The van der Waals surface area contributed by atoms with Crippen molar-refractivity contribution < 1.29 is 4.79 Å². The molecule has 0 unspecified atom stereocenters. The van der Waals surface area contributed by atoms with Crippen LogP contribution in [0.1, 0.15) is 26.4 Å². The van der Waals surface area contributed by atoms with Gasteiger partial charge < -0.3 is 5.32 Å². The molecule has 0 bridgehead atoms. The maximum atomic E-state index is 12.4. The normalized spacial score (nSPS) is 13.2. The molecule has 5 heteroatoms. The monoisotopic (exact) mass is 345 g/mol. The zero-order valence-electron chi connectivity index (χ0n) is 13.4. The summed E-state index contributed by atoms with van der Waals surface area (Å²) in [4.78, 5) is 14.7. The molecule has 4 nitrogen and oxygen atoms in total. The number of rotatable bonds is 3. The van der Waals surface area contributed by atoms with Crippen LogP contribution in [0.4, 0.5) is 0 Å². The first-order valence-electron chi connectivity index (χ1n) is 8.20. The Morgan fingerprint density at radius 1 is 1.12 bits per heavy atom.